The average Bonchev–Trinajstić information content (AvgIpc) is 2.75. The normalized spacial score (nSPS) is 22.0. The quantitative estimate of drug-likeness (QED) is 0.870. The van der Waals surface area contributed by atoms with Crippen molar-refractivity contribution in [3.05, 3.63) is 60.2 Å². The van der Waals surface area contributed by atoms with Crippen molar-refractivity contribution in [2.75, 3.05) is 18.1 Å². The molecule has 1 unspecified atom stereocenters. The molecule has 0 aromatic heterocycles. The Morgan fingerprint density at radius 3 is 2.44 bits per heavy atom. The highest BCUT2D eigenvalue weighted by Gasteiger charge is 2.38. The monoisotopic (exact) mass is 239 g/mol. The Hall–Kier alpha value is -1.80. The molecule has 1 aliphatic rings. The first-order chi connectivity index (χ1) is 8.74. The van der Waals surface area contributed by atoms with Crippen molar-refractivity contribution in [3.63, 3.8) is 0 Å². The van der Waals surface area contributed by atoms with Gasteiger partial charge in [-0.2, -0.15) is 0 Å². The topological polar surface area (TPSA) is 23.5 Å². The number of nitrogens with zero attached hydrogens (tertiary/aromatic N) is 1. The fourth-order valence-electron chi connectivity index (χ4n) is 2.71. The molecule has 0 spiro atoms. The van der Waals surface area contributed by atoms with Crippen LogP contribution in [0.15, 0.2) is 54.6 Å². The van der Waals surface area contributed by atoms with Crippen LogP contribution < -0.4 is 4.90 Å². The Morgan fingerprint density at radius 1 is 1.06 bits per heavy atom. The Bertz CT molecular complexity index is 552. The number of anilines is 2. The molecule has 0 amide bonds. The molecule has 0 aliphatic carbocycles. The summed E-state index contributed by atoms with van der Waals surface area (Å²) in [7, 11) is 0. The summed E-state index contributed by atoms with van der Waals surface area (Å²) in [5.41, 5.74) is 3.45. The smallest absolute Gasteiger partial charge is 0.0543 e. The van der Waals surface area contributed by atoms with Gasteiger partial charge in [0.1, 0.15) is 0 Å². The van der Waals surface area contributed by atoms with E-state index < -0.39 is 0 Å². The number of rotatable bonds is 2. The van der Waals surface area contributed by atoms with Gasteiger partial charge in [-0.05, 0) is 23.8 Å². The summed E-state index contributed by atoms with van der Waals surface area (Å²) in [5, 5.41) is 9.71. The van der Waals surface area contributed by atoms with Gasteiger partial charge in [-0.3, -0.25) is 0 Å². The van der Waals surface area contributed by atoms with E-state index in [4.69, 9.17) is 0 Å². The molecule has 3 rings (SSSR count). The molecule has 0 saturated carbocycles. The van der Waals surface area contributed by atoms with Crippen molar-refractivity contribution in [1.82, 2.24) is 0 Å². The highest BCUT2D eigenvalue weighted by molar-refractivity contribution is 5.72. The maximum absolute atomic E-state index is 9.71. The van der Waals surface area contributed by atoms with Gasteiger partial charge in [-0.25, -0.2) is 0 Å². The standard InChI is InChI=1S/C16H17NO/c1-16(12-18)11-17(13-7-3-2-4-8-13)15-10-6-5-9-14(15)16/h2-10,18H,11-12H2,1H3. The Labute approximate surface area is 107 Å². The van der Waals surface area contributed by atoms with Gasteiger partial charge in [0.05, 0.1) is 6.61 Å². The van der Waals surface area contributed by atoms with Crippen molar-refractivity contribution in [2.24, 2.45) is 0 Å². The van der Waals surface area contributed by atoms with Gasteiger partial charge in [0.15, 0.2) is 0 Å². The largest absolute Gasteiger partial charge is 0.395 e. The van der Waals surface area contributed by atoms with Gasteiger partial charge >= 0.3 is 0 Å². The Kier molecular flexibility index (Phi) is 2.60. The Balaban J connectivity index is 2.11. The van der Waals surface area contributed by atoms with E-state index >= 15 is 0 Å². The molecule has 18 heavy (non-hydrogen) atoms. The summed E-state index contributed by atoms with van der Waals surface area (Å²) in [6.07, 6.45) is 0. The summed E-state index contributed by atoms with van der Waals surface area (Å²) < 4.78 is 0. The summed E-state index contributed by atoms with van der Waals surface area (Å²) in [5.74, 6) is 0. The first-order valence-electron chi connectivity index (χ1n) is 6.27. The zero-order valence-corrected chi connectivity index (χ0v) is 10.5. The van der Waals surface area contributed by atoms with Gasteiger partial charge in [0.2, 0.25) is 0 Å². The molecule has 0 radical (unpaired) electrons. The van der Waals surface area contributed by atoms with Crippen LogP contribution in [0.25, 0.3) is 0 Å². The molecule has 2 nitrogen and oxygen atoms in total. The summed E-state index contributed by atoms with van der Waals surface area (Å²) in [6.45, 7) is 3.12. The van der Waals surface area contributed by atoms with Crippen LogP contribution >= 0.6 is 0 Å². The van der Waals surface area contributed by atoms with Crippen LogP contribution in [0.5, 0.6) is 0 Å². The predicted octanol–water partition coefficient (Wildman–Crippen LogP) is 3.09. The number of para-hydroxylation sites is 2. The zero-order valence-electron chi connectivity index (χ0n) is 10.5. The van der Waals surface area contributed by atoms with Crippen molar-refractivity contribution in [3.8, 4) is 0 Å². The van der Waals surface area contributed by atoms with Crippen LogP contribution in [-0.2, 0) is 5.41 Å². The summed E-state index contributed by atoms with van der Waals surface area (Å²) in [4.78, 5) is 2.28. The van der Waals surface area contributed by atoms with Gasteiger partial charge in [-0.15, -0.1) is 0 Å². The fourth-order valence-corrected chi connectivity index (χ4v) is 2.71. The minimum Gasteiger partial charge on any atom is -0.395 e. The highest BCUT2D eigenvalue weighted by Crippen LogP contribution is 2.43. The van der Waals surface area contributed by atoms with Crippen LogP contribution in [0.3, 0.4) is 0 Å². The molecule has 92 valence electrons. The molecule has 1 atom stereocenters. The maximum atomic E-state index is 9.71. The Morgan fingerprint density at radius 2 is 1.72 bits per heavy atom. The van der Waals surface area contributed by atoms with Crippen LogP contribution in [-0.4, -0.2) is 18.3 Å². The number of benzene rings is 2. The number of hydrogen-bond acceptors (Lipinski definition) is 2. The van der Waals surface area contributed by atoms with Gasteiger partial charge in [-0.1, -0.05) is 43.3 Å². The lowest BCUT2D eigenvalue weighted by Gasteiger charge is -2.24. The first-order valence-corrected chi connectivity index (χ1v) is 6.27. The van der Waals surface area contributed by atoms with Crippen LogP contribution in [0, 0.1) is 0 Å². The molecular weight excluding hydrogens is 222 g/mol. The van der Waals surface area contributed by atoms with Crippen LogP contribution in [0.1, 0.15) is 12.5 Å². The van der Waals surface area contributed by atoms with E-state index in [1.807, 2.05) is 24.3 Å². The molecule has 2 aromatic rings. The molecule has 2 aromatic carbocycles. The average molecular weight is 239 g/mol. The number of aliphatic hydroxyl groups excluding tert-OH is 1. The van der Waals surface area contributed by atoms with Crippen LogP contribution in [0.4, 0.5) is 11.4 Å². The first kappa shape index (κ1) is 11.3. The van der Waals surface area contributed by atoms with Crippen molar-refractivity contribution in [2.45, 2.75) is 12.3 Å². The van der Waals surface area contributed by atoms with E-state index in [1.165, 1.54) is 16.9 Å². The predicted molar refractivity (Wildman–Crippen MR) is 74.3 cm³/mol. The number of hydrogen-bond donors (Lipinski definition) is 1. The molecule has 0 saturated heterocycles. The third-order valence-corrected chi connectivity index (χ3v) is 3.77. The maximum Gasteiger partial charge on any atom is 0.0543 e. The minimum absolute atomic E-state index is 0.174. The van der Waals surface area contributed by atoms with E-state index in [0.29, 0.717) is 0 Å². The molecule has 1 aliphatic heterocycles. The lowest BCUT2D eigenvalue weighted by atomic mass is 9.86. The second-order valence-electron chi connectivity index (χ2n) is 5.16. The lowest BCUT2D eigenvalue weighted by molar-refractivity contribution is 0.216. The molecule has 0 bridgehead atoms. The van der Waals surface area contributed by atoms with Gasteiger partial charge in [0.25, 0.3) is 0 Å². The van der Waals surface area contributed by atoms with E-state index in [-0.39, 0.29) is 12.0 Å². The van der Waals surface area contributed by atoms with Crippen molar-refractivity contribution >= 4 is 11.4 Å². The van der Waals surface area contributed by atoms with E-state index in [2.05, 4.69) is 42.2 Å². The minimum atomic E-state index is -0.174. The molecule has 2 heteroatoms. The van der Waals surface area contributed by atoms with E-state index in [0.717, 1.165) is 6.54 Å². The fraction of sp³-hybridized carbons (Fsp3) is 0.250. The third kappa shape index (κ3) is 1.61. The SMILES string of the molecule is CC1(CO)CN(c2ccccc2)c2ccccc21. The second-order valence-corrected chi connectivity index (χ2v) is 5.16. The second kappa shape index (κ2) is 4.14. The summed E-state index contributed by atoms with van der Waals surface area (Å²) in [6, 6.07) is 18.7. The van der Waals surface area contributed by atoms with E-state index in [1.54, 1.807) is 0 Å². The van der Waals surface area contributed by atoms with Gasteiger partial charge < -0.3 is 10.0 Å². The van der Waals surface area contributed by atoms with E-state index in [9.17, 15) is 5.11 Å². The number of aliphatic hydroxyl groups is 1. The number of fused-ring (bicyclic) bond motifs is 1. The lowest BCUT2D eigenvalue weighted by Crippen LogP contribution is -2.31. The van der Waals surface area contributed by atoms with Crippen molar-refractivity contribution in [1.29, 1.82) is 0 Å². The third-order valence-electron chi connectivity index (χ3n) is 3.77. The summed E-state index contributed by atoms with van der Waals surface area (Å²) >= 11 is 0. The molecule has 1 N–H and O–H groups in total. The van der Waals surface area contributed by atoms with Crippen LogP contribution in [0.2, 0.25) is 0 Å². The molecular formula is C16H17NO. The molecule has 0 fully saturated rings. The van der Waals surface area contributed by atoms with Gasteiger partial charge in [0, 0.05) is 23.3 Å². The van der Waals surface area contributed by atoms with Crippen molar-refractivity contribution < 1.29 is 5.11 Å². The highest BCUT2D eigenvalue weighted by atomic mass is 16.3. The zero-order chi connectivity index (χ0) is 12.6. The molecule has 1 heterocycles.